The molecule has 0 fully saturated rings. The summed E-state index contributed by atoms with van der Waals surface area (Å²) in [4.78, 5) is 11.2. The summed E-state index contributed by atoms with van der Waals surface area (Å²) in [5.74, 6) is -0.608. The van der Waals surface area contributed by atoms with Crippen LogP contribution in [-0.4, -0.2) is 11.1 Å². The number of carbonyl (C=O) groups is 1. The van der Waals surface area contributed by atoms with Crippen molar-refractivity contribution in [2.75, 3.05) is 0 Å². The summed E-state index contributed by atoms with van der Waals surface area (Å²) in [6.45, 7) is 6.17. The van der Waals surface area contributed by atoms with Gasteiger partial charge < -0.3 is 5.11 Å². The Morgan fingerprint density at radius 1 is 1.00 bits per heavy atom. The molecule has 0 aliphatic heterocycles. The van der Waals surface area contributed by atoms with E-state index in [9.17, 15) is 9.90 Å². The summed E-state index contributed by atoms with van der Waals surface area (Å²) in [6, 6.07) is 0. The van der Waals surface area contributed by atoms with Crippen LogP contribution in [0.25, 0.3) is 0 Å². The fraction of sp³-hybridized carbons (Fsp3) is 0.923. The normalized spacial score (nSPS) is 10.9. The molecular formula is C13H26NdO2. The zero-order valence-corrected chi connectivity index (χ0v) is 14.2. The third-order valence-corrected chi connectivity index (χ3v) is 3.57. The average molecular weight is 359 g/mol. The SMILES string of the molecule is CCCCCCCC(CC)(CC)C(=O)O.[Nd]. The number of carboxylic acids is 1. The quantitative estimate of drug-likeness (QED) is 0.626. The van der Waals surface area contributed by atoms with Gasteiger partial charge in [-0.15, -0.1) is 0 Å². The zero-order valence-electron chi connectivity index (χ0n) is 11.0. The van der Waals surface area contributed by atoms with Crippen LogP contribution in [0.5, 0.6) is 0 Å². The molecule has 0 bridgehead atoms. The van der Waals surface area contributed by atoms with Crippen LogP contribution in [0.1, 0.15) is 72.1 Å². The molecule has 0 aliphatic carbocycles. The average Bonchev–Trinajstić information content (AvgIpc) is 2.23. The van der Waals surface area contributed by atoms with Gasteiger partial charge in [0, 0.05) is 40.8 Å². The van der Waals surface area contributed by atoms with Crippen LogP contribution in [-0.2, 0) is 4.79 Å². The standard InChI is InChI=1S/C13H26O2.Nd/c1-4-7-8-9-10-11-13(5-2,6-3)12(14)15;/h4-11H2,1-3H3,(H,14,15);. The van der Waals surface area contributed by atoms with E-state index in [0.717, 1.165) is 25.7 Å². The van der Waals surface area contributed by atoms with E-state index in [1.54, 1.807) is 0 Å². The smallest absolute Gasteiger partial charge is 0.309 e. The third-order valence-electron chi connectivity index (χ3n) is 3.57. The first-order valence-corrected chi connectivity index (χ1v) is 6.36. The molecule has 94 valence electrons. The molecule has 0 aromatic rings. The summed E-state index contributed by atoms with van der Waals surface area (Å²) in [5.41, 5.74) is -0.452. The molecule has 0 spiro atoms. The van der Waals surface area contributed by atoms with Crippen LogP contribution < -0.4 is 0 Å². The van der Waals surface area contributed by atoms with Crippen molar-refractivity contribution >= 4 is 5.97 Å². The molecule has 0 rings (SSSR count). The van der Waals surface area contributed by atoms with Gasteiger partial charge in [0.1, 0.15) is 0 Å². The Kier molecular flexibility index (Phi) is 13.1. The summed E-state index contributed by atoms with van der Waals surface area (Å²) < 4.78 is 0. The van der Waals surface area contributed by atoms with E-state index in [-0.39, 0.29) is 40.8 Å². The van der Waals surface area contributed by atoms with E-state index in [1.807, 2.05) is 13.8 Å². The maximum Gasteiger partial charge on any atom is 0.309 e. The maximum atomic E-state index is 11.2. The number of aliphatic carboxylic acids is 1. The van der Waals surface area contributed by atoms with Gasteiger partial charge in [0.25, 0.3) is 0 Å². The molecule has 2 nitrogen and oxygen atoms in total. The maximum absolute atomic E-state index is 11.2. The topological polar surface area (TPSA) is 37.3 Å². The molecule has 0 radical (unpaired) electrons. The van der Waals surface area contributed by atoms with Gasteiger partial charge in [0.2, 0.25) is 0 Å². The summed E-state index contributed by atoms with van der Waals surface area (Å²) >= 11 is 0. The van der Waals surface area contributed by atoms with Crippen LogP contribution in [0.3, 0.4) is 0 Å². The monoisotopic (exact) mass is 356 g/mol. The van der Waals surface area contributed by atoms with Crippen LogP contribution in [0.15, 0.2) is 0 Å². The number of rotatable bonds is 9. The molecule has 16 heavy (non-hydrogen) atoms. The predicted octanol–water partition coefficient (Wildman–Crippen LogP) is 4.24. The van der Waals surface area contributed by atoms with Crippen LogP contribution in [0.4, 0.5) is 0 Å². The fourth-order valence-corrected chi connectivity index (χ4v) is 2.08. The number of unbranched alkanes of at least 4 members (excludes halogenated alkanes) is 4. The molecule has 0 saturated carbocycles. The number of carboxylic acid groups (broad SMARTS) is 1. The van der Waals surface area contributed by atoms with Crippen molar-refractivity contribution in [3.63, 3.8) is 0 Å². The van der Waals surface area contributed by atoms with Crippen molar-refractivity contribution in [3.8, 4) is 0 Å². The first-order chi connectivity index (χ1) is 7.13. The van der Waals surface area contributed by atoms with Crippen molar-refractivity contribution in [2.24, 2.45) is 5.41 Å². The van der Waals surface area contributed by atoms with Crippen molar-refractivity contribution in [1.82, 2.24) is 0 Å². The van der Waals surface area contributed by atoms with Gasteiger partial charge in [-0.2, -0.15) is 0 Å². The molecule has 0 aromatic carbocycles. The second kappa shape index (κ2) is 10.9. The molecule has 0 aromatic heterocycles. The molecular weight excluding hydrogens is 332 g/mol. The van der Waals surface area contributed by atoms with Gasteiger partial charge in [-0.3, -0.25) is 4.79 Å². The molecule has 0 unspecified atom stereocenters. The van der Waals surface area contributed by atoms with Gasteiger partial charge in [-0.05, 0) is 19.3 Å². The van der Waals surface area contributed by atoms with E-state index < -0.39 is 11.4 Å². The molecule has 0 heterocycles. The first-order valence-electron chi connectivity index (χ1n) is 6.36. The second-order valence-electron chi connectivity index (χ2n) is 4.46. The Morgan fingerprint density at radius 3 is 1.88 bits per heavy atom. The van der Waals surface area contributed by atoms with Gasteiger partial charge >= 0.3 is 5.97 Å². The number of hydrogen-bond donors (Lipinski definition) is 1. The molecule has 0 aliphatic rings. The third kappa shape index (κ3) is 6.53. The van der Waals surface area contributed by atoms with E-state index in [2.05, 4.69) is 6.92 Å². The van der Waals surface area contributed by atoms with Crippen LogP contribution in [0.2, 0.25) is 0 Å². The molecule has 3 heteroatoms. The Balaban J connectivity index is 0. The Labute approximate surface area is 133 Å². The predicted molar refractivity (Wildman–Crippen MR) is 64.0 cm³/mol. The van der Waals surface area contributed by atoms with E-state index in [0.29, 0.717) is 0 Å². The van der Waals surface area contributed by atoms with Crippen molar-refractivity contribution in [1.29, 1.82) is 0 Å². The van der Waals surface area contributed by atoms with E-state index in [1.165, 1.54) is 25.7 Å². The Bertz CT molecular complexity index is 177. The van der Waals surface area contributed by atoms with Crippen LogP contribution >= 0.6 is 0 Å². The molecule has 1 N–H and O–H groups in total. The van der Waals surface area contributed by atoms with Gasteiger partial charge in [-0.25, -0.2) is 0 Å². The van der Waals surface area contributed by atoms with Crippen molar-refractivity contribution in [3.05, 3.63) is 0 Å². The van der Waals surface area contributed by atoms with Gasteiger partial charge in [0.15, 0.2) is 0 Å². The minimum atomic E-state index is -0.608. The number of hydrogen-bond acceptors (Lipinski definition) is 1. The molecule has 0 atom stereocenters. The first kappa shape index (κ1) is 19.2. The van der Waals surface area contributed by atoms with Gasteiger partial charge in [0.05, 0.1) is 5.41 Å². The summed E-state index contributed by atoms with van der Waals surface area (Å²) in [5, 5.41) is 9.23. The summed E-state index contributed by atoms with van der Waals surface area (Å²) in [6.07, 6.45) is 8.37. The Hall–Kier alpha value is 0.821. The largest absolute Gasteiger partial charge is 0.481 e. The second-order valence-corrected chi connectivity index (χ2v) is 4.46. The minimum Gasteiger partial charge on any atom is -0.481 e. The van der Waals surface area contributed by atoms with Crippen molar-refractivity contribution < 1.29 is 50.7 Å². The van der Waals surface area contributed by atoms with Crippen LogP contribution in [0, 0.1) is 46.3 Å². The van der Waals surface area contributed by atoms with E-state index in [4.69, 9.17) is 0 Å². The van der Waals surface area contributed by atoms with E-state index >= 15 is 0 Å². The van der Waals surface area contributed by atoms with Gasteiger partial charge in [-0.1, -0.05) is 52.9 Å². The Morgan fingerprint density at radius 2 is 1.50 bits per heavy atom. The minimum absolute atomic E-state index is 0. The summed E-state index contributed by atoms with van der Waals surface area (Å²) in [7, 11) is 0. The molecule has 0 amide bonds. The van der Waals surface area contributed by atoms with Crippen molar-refractivity contribution in [2.45, 2.75) is 72.1 Å². The molecule has 0 saturated heterocycles. The zero-order chi connectivity index (χ0) is 11.7. The fourth-order valence-electron chi connectivity index (χ4n) is 2.08.